The topological polar surface area (TPSA) is 26.0 Å². The Labute approximate surface area is 122 Å². The fraction of sp³-hybridized carbons (Fsp3) is 0.250. The molecule has 2 N–H and O–H groups in total. The van der Waals surface area contributed by atoms with Gasteiger partial charge in [0.05, 0.1) is 0 Å². The number of hydrogen-bond donors (Lipinski definition) is 1. The predicted molar refractivity (Wildman–Crippen MR) is 77.8 cm³/mol. The van der Waals surface area contributed by atoms with Gasteiger partial charge in [0.2, 0.25) is 0 Å². The molecule has 0 fully saturated rings. The van der Waals surface area contributed by atoms with Crippen LogP contribution in [0.15, 0.2) is 42.5 Å². The van der Waals surface area contributed by atoms with Crippen molar-refractivity contribution in [2.75, 3.05) is 0 Å². The van der Waals surface area contributed by atoms with Gasteiger partial charge in [-0.3, -0.25) is 0 Å². The fourth-order valence-corrected chi connectivity index (χ4v) is 2.47. The first-order chi connectivity index (χ1) is 9.35. The summed E-state index contributed by atoms with van der Waals surface area (Å²) in [5.74, 6) is -0.631. The molecule has 0 aromatic heterocycles. The van der Waals surface area contributed by atoms with E-state index >= 15 is 0 Å². The van der Waals surface area contributed by atoms with E-state index in [1.54, 1.807) is 6.07 Å². The molecule has 0 saturated carbocycles. The van der Waals surface area contributed by atoms with E-state index in [1.807, 2.05) is 13.0 Å². The molecule has 0 heterocycles. The molecule has 106 valence electrons. The van der Waals surface area contributed by atoms with E-state index < -0.39 is 5.54 Å². The van der Waals surface area contributed by atoms with Crippen molar-refractivity contribution in [3.05, 3.63) is 70.2 Å². The zero-order valence-electron chi connectivity index (χ0n) is 11.2. The second-order valence-corrected chi connectivity index (χ2v) is 5.78. The minimum absolute atomic E-state index is 0.290. The van der Waals surface area contributed by atoms with Crippen LogP contribution >= 0.6 is 11.6 Å². The summed E-state index contributed by atoms with van der Waals surface area (Å²) < 4.78 is 26.4. The second kappa shape index (κ2) is 5.90. The summed E-state index contributed by atoms with van der Waals surface area (Å²) in [6.45, 7) is 1.85. The number of halogens is 3. The average molecular weight is 296 g/mol. The van der Waals surface area contributed by atoms with Crippen molar-refractivity contribution in [3.8, 4) is 0 Å². The molecule has 20 heavy (non-hydrogen) atoms. The normalized spacial score (nSPS) is 14.1. The molecule has 2 rings (SSSR count). The van der Waals surface area contributed by atoms with Gasteiger partial charge in [0.15, 0.2) is 0 Å². The van der Waals surface area contributed by atoms with Crippen molar-refractivity contribution in [2.24, 2.45) is 5.73 Å². The number of benzene rings is 2. The largest absolute Gasteiger partial charge is 0.325 e. The Balaban J connectivity index is 2.16. The van der Waals surface area contributed by atoms with Gasteiger partial charge in [-0.1, -0.05) is 23.7 Å². The van der Waals surface area contributed by atoms with E-state index in [2.05, 4.69) is 0 Å². The van der Waals surface area contributed by atoms with Gasteiger partial charge >= 0.3 is 0 Å². The van der Waals surface area contributed by atoms with Crippen LogP contribution < -0.4 is 5.73 Å². The van der Waals surface area contributed by atoms with Crippen molar-refractivity contribution in [1.82, 2.24) is 0 Å². The summed E-state index contributed by atoms with van der Waals surface area (Å²) in [5, 5.41) is 0.488. The van der Waals surface area contributed by atoms with Crippen molar-refractivity contribution >= 4 is 11.6 Å². The van der Waals surface area contributed by atoms with E-state index in [-0.39, 0.29) is 11.6 Å². The monoisotopic (exact) mass is 295 g/mol. The average Bonchev–Trinajstić information content (AvgIpc) is 2.33. The van der Waals surface area contributed by atoms with Gasteiger partial charge in [-0.2, -0.15) is 0 Å². The fourth-order valence-electron chi connectivity index (χ4n) is 2.29. The quantitative estimate of drug-likeness (QED) is 0.902. The van der Waals surface area contributed by atoms with Gasteiger partial charge in [-0.25, -0.2) is 8.78 Å². The third-order valence-electron chi connectivity index (χ3n) is 3.10. The maximum absolute atomic E-state index is 13.3. The minimum Gasteiger partial charge on any atom is -0.325 e. The molecular formula is C16H16ClF2N. The summed E-state index contributed by atoms with van der Waals surface area (Å²) in [5.41, 5.74) is 7.08. The summed E-state index contributed by atoms with van der Waals surface area (Å²) in [6, 6.07) is 10.5. The van der Waals surface area contributed by atoms with Crippen LogP contribution in [0.3, 0.4) is 0 Å². The highest BCUT2D eigenvalue weighted by Gasteiger charge is 2.21. The van der Waals surface area contributed by atoms with Crippen molar-refractivity contribution in [2.45, 2.75) is 25.3 Å². The van der Waals surface area contributed by atoms with Crippen LogP contribution in [-0.4, -0.2) is 5.54 Å². The highest BCUT2D eigenvalue weighted by atomic mass is 35.5. The summed E-state index contributed by atoms with van der Waals surface area (Å²) in [4.78, 5) is 0. The van der Waals surface area contributed by atoms with Crippen LogP contribution in [0.1, 0.15) is 18.1 Å². The smallest absolute Gasteiger partial charge is 0.123 e. The maximum Gasteiger partial charge on any atom is 0.123 e. The van der Waals surface area contributed by atoms with Crippen LogP contribution in [0.25, 0.3) is 0 Å². The molecule has 0 amide bonds. The van der Waals surface area contributed by atoms with Crippen LogP contribution in [0.2, 0.25) is 5.02 Å². The summed E-state index contributed by atoms with van der Waals surface area (Å²) >= 11 is 6.05. The molecular weight excluding hydrogens is 280 g/mol. The lowest BCUT2D eigenvalue weighted by Gasteiger charge is -2.25. The van der Waals surface area contributed by atoms with Gasteiger partial charge in [0.25, 0.3) is 0 Å². The Morgan fingerprint density at radius 1 is 1.05 bits per heavy atom. The zero-order chi connectivity index (χ0) is 14.8. The van der Waals surface area contributed by atoms with Crippen molar-refractivity contribution < 1.29 is 8.78 Å². The molecule has 0 bridgehead atoms. The lowest BCUT2D eigenvalue weighted by Crippen LogP contribution is -2.41. The first kappa shape index (κ1) is 14.9. The van der Waals surface area contributed by atoms with Gasteiger partial charge < -0.3 is 5.73 Å². The molecule has 0 aliphatic heterocycles. The Hall–Kier alpha value is -1.45. The molecule has 2 aromatic rings. The molecule has 2 aromatic carbocycles. The lowest BCUT2D eigenvalue weighted by molar-refractivity contribution is 0.460. The summed E-state index contributed by atoms with van der Waals surface area (Å²) in [7, 11) is 0. The Bertz CT molecular complexity index is 611. The van der Waals surface area contributed by atoms with Gasteiger partial charge in [0.1, 0.15) is 11.6 Å². The van der Waals surface area contributed by atoms with Crippen LogP contribution in [-0.2, 0) is 12.8 Å². The van der Waals surface area contributed by atoms with E-state index in [0.29, 0.717) is 23.4 Å². The second-order valence-electron chi connectivity index (χ2n) is 5.37. The van der Waals surface area contributed by atoms with Crippen molar-refractivity contribution in [3.63, 3.8) is 0 Å². The zero-order valence-corrected chi connectivity index (χ0v) is 11.9. The molecule has 0 radical (unpaired) electrons. The maximum atomic E-state index is 13.3. The number of hydrogen-bond acceptors (Lipinski definition) is 1. The van der Waals surface area contributed by atoms with Crippen molar-refractivity contribution in [1.29, 1.82) is 0 Å². The molecule has 4 heteroatoms. The highest BCUT2D eigenvalue weighted by molar-refractivity contribution is 6.31. The summed E-state index contributed by atoms with van der Waals surface area (Å²) in [6.07, 6.45) is 0.901. The van der Waals surface area contributed by atoms with E-state index in [4.69, 9.17) is 17.3 Å². The lowest BCUT2D eigenvalue weighted by atomic mass is 9.87. The number of nitrogens with two attached hydrogens (primary N) is 1. The van der Waals surface area contributed by atoms with E-state index in [1.165, 1.54) is 30.3 Å². The van der Waals surface area contributed by atoms with Gasteiger partial charge in [-0.15, -0.1) is 0 Å². The van der Waals surface area contributed by atoms with Crippen LogP contribution in [0.4, 0.5) is 8.78 Å². The Morgan fingerprint density at radius 2 is 1.75 bits per heavy atom. The highest BCUT2D eigenvalue weighted by Crippen LogP contribution is 2.23. The van der Waals surface area contributed by atoms with Crippen LogP contribution in [0.5, 0.6) is 0 Å². The Morgan fingerprint density at radius 3 is 2.45 bits per heavy atom. The minimum atomic E-state index is -0.634. The first-order valence-corrected chi connectivity index (χ1v) is 6.71. The SMILES string of the molecule is CC(N)(Cc1cccc(F)c1)Cc1cc(F)ccc1Cl. The van der Waals surface area contributed by atoms with Crippen LogP contribution in [0, 0.1) is 11.6 Å². The standard InChI is InChI=1S/C16H16ClF2N/c1-16(20,9-11-3-2-4-13(18)7-11)10-12-8-14(19)5-6-15(12)17/h2-8H,9-10,20H2,1H3. The Kier molecular flexibility index (Phi) is 4.41. The third kappa shape index (κ3) is 4.02. The molecule has 0 saturated heterocycles. The van der Waals surface area contributed by atoms with E-state index in [0.717, 1.165) is 5.56 Å². The predicted octanol–water partition coefficient (Wildman–Crippen LogP) is 4.12. The van der Waals surface area contributed by atoms with Gasteiger partial charge in [-0.05, 0) is 61.2 Å². The molecule has 0 spiro atoms. The van der Waals surface area contributed by atoms with E-state index in [9.17, 15) is 8.78 Å². The van der Waals surface area contributed by atoms with Gasteiger partial charge in [0, 0.05) is 10.6 Å². The third-order valence-corrected chi connectivity index (χ3v) is 3.47. The first-order valence-electron chi connectivity index (χ1n) is 6.33. The molecule has 1 unspecified atom stereocenters. The molecule has 1 nitrogen and oxygen atoms in total. The molecule has 0 aliphatic rings. The molecule has 0 aliphatic carbocycles. The molecule has 1 atom stereocenters. The number of rotatable bonds is 4.